The van der Waals surface area contributed by atoms with Gasteiger partial charge in [-0.2, -0.15) is 5.10 Å². The van der Waals surface area contributed by atoms with Crippen molar-refractivity contribution >= 4 is 33.5 Å². The normalized spacial score (nSPS) is 11.5. The van der Waals surface area contributed by atoms with E-state index >= 15 is 0 Å². The summed E-state index contributed by atoms with van der Waals surface area (Å²) in [6.07, 6.45) is 3.47. The lowest BCUT2D eigenvalue weighted by molar-refractivity contribution is 0.798. The standard InChI is InChI=1S/C20H14ClN5/c1-26-18-7-6-12(14-11-22-9-8-15(14)21)10-13(18)19(25-26)20-23-16-4-2-3-5-17(16)24-20/h2-11H,1H3,(H,23,24). The Kier molecular flexibility index (Phi) is 3.30. The molecular formula is C20H14ClN5. The molecule has 5 rings (SSSR count). The molecule has 2 aromatic carbocycles. The van der Waals surface area contributed by atoms with Gasteiger partial charge in [-0.25, -0.2) is 4.98 Å². The molecule has 0 amide bonds. The van der Waals surface area contributed by atoms with E-state index in [-0.39, 0.29) is 0 Å². The van der Waals surface area contributed by atoms with Crippen LogP contribution in [0.1, 0.15) is 0 Å². The van der Waals surface area contributed by atoms with E-state index < -0.39 is 0 Å². The molecule has 26 heavy (non-hydrogen) atoms. The molecule has 0 fully saturated rings. The van der Waals surface area contributed by atoms with E-state index in [4.69, 9.17) is 16.6 Å². The molecule has 3 aromatic heterocycles. The fourth-order valence-electron chi connectivity index (χ4n) is 3.26. The highest BCUT2D eigenvalue weighted by atomic mass is 35.5. The maximum absolute atomic E-state index is 6.35. The van der Waals surface area contributed by atoms with Crippen LogP contribution in [0.5, 0.6) is 0 Å². The third kappa shape index (κ3) is 2.29. The Morgan fingerprint density at radius 3 is 2.81 bits per heavy atom. The van der Waals surface area contributed by atoms with Gasteiger partial charge in [-0.1, -0.05) is 29.8 Å². The molecule has 1 N–H and O–H groups in total. The number of H-pyrrole nitrogens is 1. The molecule has 0 unspecified atom stereocenters. The second kappa shape index (κ2) is 5.68. The van der Waals surface area contributed by atoms with Crippen LogP contribution in [-0.4, -0.2) is 24.7 Å². The molecule has 0 aliphatic carbocycles. The molecule has 5 nitrogen and oxygen atoms in total. The predicted molar refractivity (Wildman–Crippen MR) is 104 cm³/mol. The molecule has 3 heterocycles. The van der Waals surface area contributed by atoms with Crippen LogP contribution in [-0.2, 0) is 7.05 Å². The van der Waals surface area contributed by atoms with Gasteiger partial charge in [-0.3, -0.25) is 9.67 Å². The number of halogens is 1. The largest absolute Gasteiger partial charge is 0.337 e. The molecule has 126 valence electrons. The number of rotatable bonds is 2. The third-order valence-corrected chi connectivity index (χ3v) is 4.87. The van der Waals surface area contributed by atoms with Crippen LogP contribution in [0.2, 0.25) is 5.02 Å². The van der Waals surface area contributed by atoms with Crippen LogP contribution in [0.4, 0.5) is 0 Å². The van der Waals surface area contributed by atoms with Crippen LogP contribution in [0.3, 0.4) is 0 Å². The predicted octanol–water partition coefficient (Wildman–Crippen LogP) is 4.83. The Morgan fingerprint density at radius 2 is 1.96 bits per heavy atom. The fraction of sp³-hybridized carbons (Fsp3) is 0.0500. The van der Waals surface area contributed by atoms with Crippen molar-refractivity contribution in [1.29, 1.82) is 0 Å². The van der Waals surface area contributed by atoms with Crippen LogP contribution >= 0.6 is 11.6 Å². The van der Waals surface area contributed by atoms with E-state index in [0.29, 0.717) is 5.02 Å². The first-order chi connectivity index (χ1) is 12.7. The molecule has 0 saturated heterocycles. The monoisotopic (exact) mass is 359 g/mol. The van der Waals surface area contributed by atoms with Crippen molar-refractivity contribution in [2.24, 2.45) is 7.05 Å². The third-order valence-electron chi connectivity index (χ3n) is 4.54. The van der Waals surface area contributed by atoms with Gasteiger partial charge in [0.1, 0.15) is 5.69 Å². The zero-order chi connectivity index (χ0) is 17.7. The van der Waals surface area contributed by atoms with E-state index in [9.17, 15) is 0 Å². The number of hydrogen-bond donors (Lipinski definition) is 1. The molecule has 0 bridgehead atoms. The summed E-state index contributed by atoms with van der Waals surface area (Å²) in [5, 5.41) is 6.38. The Morgan fingerprint density at radius 1 is 1.08 bits per heavy atom. The quantitative estimate of drug-likeness (QED) is 0.491. The van der Waals surface area contributed by atoms with Gasteiger partial charge in [0.15, 0.2) is 5.82 Å². The topological polar surface area (TPSA) is 59.4 Å². The average Bonchev–Trinajstić information content (AvgIpc) is 3.23. The van der Waals surface area contributed by atoms with Crippen molar-refractivity contribution in [2.45, 2.75) is 0 Å². The molecule has 0 saturated carbocycles. The van der Waals surface area contributed by atoms with E-state index in [1.54, 1.807) is 18.5 Å². The lowest BCUT2D eigenvalue weighted by atomic mass is 10.0. The zero-order valence-electron chi connectivity index (χ0n) is 13.9. The minimum atomic E-state index is 0.675. The number of nitrogens with zero attached hydrogens (tertiary/aromatic N) is 4. The number of para-hydroxylation sites is 2. The van der Waals surface area contributed by atoms with Gasteiger partial charge in [0.25, 0.3) is 0 Å². The number of pyridine rings is 1. The van der Waals surface area contributed by atoms with Crippen molar-refractivity contribution in [1.82, 2.24) is 24.7 Å². The summed E-state index contributed by atoms with van der Waals surface area (Å²) >= 11 is 6.35. The van der Waals surface area contributed by atoms with E-state index in [1.165, 1.54) is 0 Å². The minimum absolute atomic E-state index is 0.675. The summed E-state index contributed by atoms with van der Waals surface area (Å²) < 4.78 is 1.87. The Hall–Kier alpha value is -3.18. The zero-order valence-corrected chi connectivity index (χ0v) is 14.7. The van der Waals surface area contributed by atoms with Crippen molar-refractivity contribution in [3.63, 3.8) is 0 Å². The first kappa shape index (κ1) is 15.1. The molecule has 0 spiro atoms. The van der Waals surface area contributed by atoms with Crippen molar-refractivity contribution < 1.29 is 0 Å². The number of aromatic amines is 1. The van der Waals surface area contributed by atoms with Gasteiger partial charge in [-0.05, 0) is 35.9 Å². The summed E-state index contributed by atoms with van der Waals surface area (Å²) in [4.78, 5) is 12.3. The number of aryl methyl sites for hydroxylation is 1. The van der Waals surface area contributed by atoms with Crippen LogP contribution in [0.15, 0.2) is 60.9 Å². The van der Waals surface area contributed by atoms with Gasteiger partial charge in [0.2, 0.25) is 0 Å². The second-order valence-corrected chi connectivity index (χ2v) is 6.57. The highest BCUT2D eigenvalue weighted by Crippen LogP contribution is 2.33. The summed E-state index contributed by atoms with van der Waals surface area (Å²) in [6.45, 7) is 0. The molecule has 5 aromatic rings. The molecule has 6 heteroatoms. The van der Waals surface area contributed by atoms with Gasteiger partial charge >= 0.3 is 0 Å². The van der Waals surface area contributed by atoms with E-state index in [1.807, 2.05) is 48.1 Å². The number of hydrogen-bond acceptors (Lipinski definition) is 3. The lowest BCUT2D eigenvalue weighted by Crippen LogP contribution is -1.90. The highest BCUT2D eigenvalue weighted by molar-refractivity contribution is 6.33. The van der Waals surface area contributed by atoms with Crippen molar-refractivity contribution in [3.8, 4) is 22.6 Å². The maximum Gasteiger partial charge on any atom is 0.159 e. The average molecular weight is 360 g/mol. The van der Waals surface area contributed by atoms with Gasteiger partial charge in [0.05, 0.1) is 21.6 Å². The number of nitrogens with one attached hydrogen (secondary N) is 1. The highest BCUT2D eigenvalue weighted by Gasteiger charge is 2.16. The summed E-state index contributed by atoms with van der Waals surface area (Å²) in [5.41, 5.74) is 5.67. The van der Waals surface area contributed by atoms with Crippen molar-refractivity contribution in [2.75, 3.05) is 0 Å². The maximum atomic E-state index is 6.35. The number of imidazole rings is 1. The number of fused-ring (bicyclic) bond motifs is 2. The van der Waals surface area contributed by atoms with Gasteiger partial charge < -0.3 is 4.98 Å². The van der Waals surface area contributed by atoms with E-state index in [0.717, 1.165) is 44.6 Å². The Labute approximate surface area is 154 Å². The summed E-state index contributed by atoms with van der Waals surface area (Å²) in [6, 6.07) is 15.9. The second-order valence-electron chi connectivity index (χ2n) is 6.16. The van der Waals surface area contributed by atoms with Crippen LogP contribution in [0.25, 0.3) is 44.6 Å². The SMILES string of the molecule is Cn1nc(-c2nc3ccccc3[nH]2)c2cc(-c3cnccc3Cl)ccc21. The van der Waals surface area contributed by atoms with Gasteiger partial charge in [-0.15, -0.1) is 0 Å². The minimum Gasteiger partial charge on any atom is -0.337 e. The number of aromatic nitrogens is 5. The lowest BCUT2D eigenvalue weighted by Gasteiger charge is -2.04. The first-order valence-electron chi connectivity index (χ1n) is 8.22. The Balaban J connectivity index is 1.75. The number of benzene rings is 2. The van der Waals surface area contributed by atoms with Crippen molar-refractivity contribution in [3.05, 3.63) is 65.9 Å². The summed E-state index contributed by atoms with van der Waals surface area (Å²) in [5.74, 6) is 0.756. The molecular weight excluding hydrogens is 346 g/mol. The molecule has 0 radical (unpaired) electrons. The van der Waals surface area contributed by atoms with E-state index in [2.05, 4.69) is 21.1 Å². The molecule has 0 aliphatic heterocycles. The molecule has 0 aliphatic rings. The van der Waals surface area contributed by atoms with Crippen LogP contribution in [0, 0.1) is 0 Å². The smallest absolute Gasteiger partial charge is 0.159 e. The Bertz CT molecular complexity index is 1230. The first-order valence-corrected chi connectivity index (χ1v) is 8.60. The van der Waals surface area contributed by atoms with Gasteiger partial charge in [0, 0.05) is 30.4 Å². The molecule has 0 atom stereocenters. The summed E-state index contributed by atoms with van der Waals surface area (Å²) in [7, 11) is 1.94. The fourth-order valence-corrected chi connectivity index (χ4v) is 3.48. The van der Waals surface area contributed by atoms with Crippen LogP contribution < -0.4 is 0 Å².